The highest BCUT2D eigenvalue weighted by atomic mass is 16.5. The van der Waals surface area contributed by atoms with E-state index in [-0.39, 0.29) is 18.1 Å². The van der Waals surface area contributed by atoms with E-state index in [4.69, 9.17) is 4.74 Å². The molecule has 2 amide bonds. The molecule has 3 heterocycles. The molecule has 2 aromatic rings. The lowest BCUT2D eigenvalue weighted by Gasteiger charge is -2.36. The van der Waals surface area contributed by atoms with E-state index in [0.29, 0.717) is 50.2 Å². The first-order valence-corrected chi connectivity index (χ1v) is 13.4. The molecule has 0 aromatic heterocycles. The maximum absolute atomic E-state index is 13.1. The molecule has 2 unspecified atom stereocenters. The van der Waals surface area contributed by atoms with Crippen LogP contribution in [0.25, 0.3) is 0 Å². The lowest BCUT2D eigenvalue weighted by atomic mass is 9.73. The van der Waals surface area contributed by atoms with E-state index < -0.39 is 5.97 Å². The molecule has 0 radical (unpaired) electrons. The molecule has 2 aromatic carbocycles. The minimum atomic E-state index is -0.900. The summed E-state index contributed by atoms with van der Waals surface area (Å²) in [4.78, 5) is 29.3. The summed E-state index contributed by atoms with van der Waals surface area (Å²) in [5.74, 6) is 0.0107. The van der Waals surface area contributed by atoms with Gasteiger partial charge >= 0.3 is 12.0 Å². The number of urea groups is 1. The zero-order chi connectivity index (χ0) is 24.6. The maximum atomic E-state index is 13.1. The summed E-state index contributed by atoms with van der Waals surface area (Å²) >= 11 is 0. The van der Waals surface area contributed by atoms with Crippen LogP contribution in [0.15, 0.2) is 42.5 Å². The topological polar surface area (TPSA) is 82.1 Å². The second-order valence-electron chi connectivity index (χ2n) is 10.7. The third-order valence-corrected chi connectivity index (χ3v) is 8.66. The minimum Gasteiger partial charge on any atom is -0.478 e. The van der Waals surface area contributed by atoms with Crippen molar-refractivity contribution in [3.8, 4) is 0 Å². The number of carboxylic acids is 1. The third kappa shape index (κ3) is 4.23. The fourth-order valence-corrected chi connectivity index (χ4v) is 7.00. The smallest absolute Gasteiger partial charge is 0.335 e. The van der Waals surface area contributed by atoms with Crippen molar-refractivity contribution < 1.29 is 19.4 Å². The van der Waals surface area contributed by atoms with Crippen LogP contribution in [-0.4, -0.2) is 60.9 Å². The van der Waals surface area contributed by atoms with Crippen molar-refractivity contribution in [1.29, 1.82) is 0 Å². The molecular formula is C29H35N3O4. The first kappa shape index (κ1) is 23.3. The molecule has 4 aliphatic rings. The number of carbonyl (C=O) groups excluding carboxylic acids is 1. The number of nitrogens with zero attached hydrogens (tertiary/aromatic N) is 2. The number of ether oxygens (including phenoxy) is 1. The van der Waals surface area contributed by atoms with Gasteiger partial charge < -0.3 is 25.0 Å². The Morgan fingerprint density at radius 2 is 1.75 bits per heavy atom. The number of fused-ring (bicyclic) bond motifs is 5. The summed E-state index contributed by atoms with van der Waals surface area (Å²) in [6, 6.07) is 14.4. The molecule has 1 aliphatic carbocycles. The highest BCUT2D eigenvalue weighted by Gasteiger charge is 2.46. The Morgan fingerprint density at radius 1 is 0.972 bits per heavy atom. The number of rotatable bonds is 3. The van der Waals surface area contributed by atoms with Gasteiger partial charge in [0, 0.05) is 31.2 Å². The minimum absolute atomic E-state index is 0.0400. The van der Waals surface area contributed by atoms with Gasteiger partial charge in [0.2, 0.25) is 0 Å². The zero-order valence-corrected chi connectivity index (χ0v) is 20.7. The van der Waals surface area contributed by atoms with Crippen molar-refractivity contribution in [3.63, 3.8) is 0 Å². The van der Waals surface area contributed by atoms with Crippen molar-refractivity contribution in [2.75, 3.05) is 37.7 Å². The molecule has 3 aliphatic heterocycles. The molecule has 1 saturated heterocycles. The first-order chi connectivity index (χ1) is 17.6. The van der Waals surface area contributed by atoms with E-state index in [9.17, 15) is 14.7 Å². The summed E-state index contributed by atoms with van der Waals surface area (Å²) in [6.45, 7) is 3.02. The number of nitrogens with one attached hydrogen (secondary N) is 1. The van der Waals surface area contributed by atoms with Crippen LogP contribution in [-0.2, 0) is 11.2 Å². The Morgan fingerprint density at radius 3 is 2.53 bits per heavy atom. The second kappa shape index (κ2) is 9.77. The van der Waals surface area contributed by atoms with Gasteiger partial charge in [0.1, 0.15) is 0 Å². The van der Waals surface area contributed by atoms with Gasteiger partial charge in [0.15, 0.2) is 0 Å². The van der Waals surface area contributed by atoms with Gasteiger partial charge in [0.25, 0.3) is 0 Å². The van der Waals surface area contributed by atoms with Crippen LogP contribution in [0.4, 0.5) is 10.5 Å². The maximum Gasteiger partial charge on any atom is 0.335 e. The summed E-state index contributed by atoms with van der Waals surface area (Å²) < 4.78 is 5.42. The van der Waals surface area contributed by atoms with E-state index >= 15 is 0 Å². The largest absolute Gasteiger partial charge is 0.478 e. The first-order valence-electron chi connectivity index (χ1n) is 13.4. The van der Waals surface area contributed by atoms with E-state index in [1.54, 1.807) is 6.07 Å². The molecule has 2 N–H and O–H groups in total. The second-order valence-corrected chi connectivity index (χ2v) is 10.7. The zero-order valence-electron chi connectivity index (χ0n) is 20.7. The van der Waals surface area contributed by atoms with Crippen molar-refractivity contribution in [3.05, 3.63) is 64.7 Å². The van der Waals surface area contributed by atoms with Gasteiger partial charge in [0.05, 0.1) is 30.9 Å². The molecule has 0 spiro atoms. The highest BCUT2D eigenvalue weighted by Crippen LogP contribution is 2.56. The van der Waals surface area contributed by atoms with Crippen molar-refractivity contribution >= 4 is 17.7 Å². The summed E-state index contributed by atoms with van der Waals surface area (Å²) in [7, 11) is 0. The van der Waals surface area contributed by atoms with Crippen molar-refractivity contribution in [2.45, 2.75) is 56.5 Å². The van der Waals surface area contributed by atoms with Crippen LogP contribution >= 0.6 is 0 Å². The molecule has 36 heavy (non-hydrogen) atoms. The van der Waals surface area contributed by atoms with Gasteiger partial charge in [-0.1, -0.05) is 49.6 Å². The van der Waals surface area contributed by atoms with E-state index in [1.165, 1.54) is 48.8 Å². The van der Waals surface area contributed by atoms with Crippen LogP contribution in [0.1, 0.15) is 71.1 Å². The number of hydrogen-bond donors (Lipinski definition) is 2. The predicted molar refractivity (Wildman–Crippen MR) is 138 cm³/mol. The van der Waals surface area contributed by atoms with Gasteiger partial charge in [-0.05, 0) is 54.0 Å². The highest BCUT2D eigenvalue weighted by molar-refractivity contribution is 5.90. The Bertz CT molecular complexity index is 1140. The number of carboxylic acid groups (broad SMARTS) is 1. The summed E-state index contributed by atoms with van der Waals surface area (Å²) in [5, 5.41) is 13.1. The Kier molecular flexibility index (Phi) is 6.34. The van der Waals surface area contributed by atoms with E-state index in [0.717, 1.165) is 12.1 Å². The quantitative estimate of drug-likeness (QED) is 0.660. The Labute approximate surface area is 212 Å². The lowest BCUT2D eigenvalue weighted by Crippen LogP contribution is -2.52. The summed E-state index contributed by atoms with van der Waals surface area (Å²) in [5.41, 5.74) is 5.22. The fraction of sp³-hybridized carbons (Fsp3) is 0.517. The van der Waals surface area contributed by atoms with Crippen LogP contribution < -0.4 is 10.2 Å². The van der Waals surface area contributed by atoms with Gasteiger partial charge in [-0.3, -0.25) is 0 Å². The third-order valence-electron chi connectivity index (χ3n) is 8.66. The van der Waals surface area contributed by atoms with Gasteiger partial charge in [-0.2, -0.15) is 0 Å². The number of hydrogen-bond acceptors (Lipinski definition) is 4. The molecule has 3 atom stereocenters. The average molecular weight is 490 g/mol. The number of benzene rings is 2. The number of aromatic carboxylic acids is 1. The molecule has 190 valence electrons. The SMILES string of the molecule is O=C(O)c1ccc2c(c1)N1C[C@@H](NC(=O)N3CCOCC3)Cc3ccccc3C1C2C1CCCCC1. The number of carbonyl (C=O) groups is 2. The van der Waals surface area contributed by atoms with Crippen molar-refractivity contribution in [2.24, 2.45) is 5.92 Å². The monoisotopic (exact) mass is 489 g/mol. The Hall–Kier alpha value is -3.06. The van der Waals surface area contributed by atoms with E-state index in [1.807, 2.05) is 11.0 Å². The van der Waals surface area contributed by atoms with Crippen LogP contribution in [0.2, 0.25) is 0 Å². The van der Waals surface area contributed by atoms with E-state index in [2.05, 4.69) is 40.5 Å². The van der Waals surface area contributed by atoms with Crippen LogP contribution in [0.3, 0.4) is 0 Å². The number of anilines is 1. The molecular weight excluding hydrogens is 454 g/mol. The van der Waals surface area contributed by atoms with Crippen molar-refractivity contribution in [1.82, 2.24) is 10.2 Å². The standard InChI is InChI=1S/C29H35N3O4/c33-28(34)21-10-11-24-25(17-21)32-18-22(30-29(35)31-12-14-36-15-13-31)16-20-8-4-5-9-23(20)27(32)26(24)19-6-2-1-3-7-19/h4-5,8-11,17,19,22,26-27H,1-3,6-7,12-16,18H2,(H,30,35)(H,33,34)/t22-,26?,27?/m0/s1. The van der Waals surface area contributed by atoms with Gasteiger partial charge in [-0.15, -0.1) is 0 Å². The van der Waals surface area contributed by atoms with Crippen LogP contribution in [0.5, 0.6) is 0 Å². The number of amides is 2. The fourth-order valence-electron chi connectivity index (χ4n) is 7.00. The average Bonchev–Trinajstić information content (AvgIpc) is 3.13. The predicted octanol–water partition coefficient (Wildman–Crippen LogP) is 4.58. The van der Waals surface area contributed by atoms with Gasteiger partial charge in [-0.25, -0.2) is 9.59 Å². The molecule has 7 nitrogen and oxygen atoms in total. The Balaban J connectivity index is 1.40. The molecule has 1 saturated carbocycles. The lowest BCUT2D eigenvalue weighted by molar-refractivity contribution is 0.0525. The number of morpholine rings is 1. The normalized spacial score (nSPS) is 25.9. The molecule has 0 bridgehead atoms. The molecule has 2 fully saturated rings. The molecule has 7 heteroatoms. The summed E-state index contributed by atoms with van der Waals surface area (Å²) in [6.07, 6.45) is 7.02. The molecule has 6 rings (SSSR count). The van der Waals surface area contributed by atoms with Crippen LogP contribution in [0, 0.1) is 5.92 Å².